The van der Waals surface area contributed by atoms with Gasteiger partial charge in [0.1, 0.15) is 0 Å². The Balaban J connectivity index is 3.38. The number of esters is 1. The zero-order valence-corrected chi connectivity index (χ0v) is 42.8. The molecule has 0 saturated heterocycles. The molecule has 2 unspecified atom stereocenters. The molecule has 0 aliphatic rings. The fourth-order valence-corrected chi connectivity index (χ4v) is 9.23. The second kappa shape index (κ2) is 53.5. The summed E-state index contributed by atoms with van der Waals surface area (Å²) in [6.45, 7) is 4.96. The molecule has 376 valence electrons. The van der Waals surface area contributed by atoms with Crippen LogP contribution < -0.4 is 5.32 Å². The van der Waals surface area contributed by atoms with Gasteiger partial charge in [-0.05, 0) is 25.7 Å². The van der Waals surface area contributed by atoms with Crippen molar-refractivity contribution in [3.05, 3.63) is 0 Å². The van der Waals surface area contributed by atoms with Gasteiger partial charge in [-0.2, -0.15) is 0 Å². The van der Waals surface area contributed by atoms with Crippen LogP contribution in [0.1, 0.15) is 328 Å². The molecule has 63 heavy (non-hydrogen) atoms. The van der Waals surface area contributed by atoms with E-state index in [9.17, 15) is 19.8 Å². The maximum absolute atomic E-state index is 12.5. The summed E-state index contributed by atoms with van der Waals surface area (Å²) in [5.74, 6) is -0.0287. The van der Waals surface area contributed by atoms with Crippen LogP contribution in [0, 0.1) is 0 Å². The first kappa shape index (κ1) is 61.9. The topological polar surface area (TPSA) is 95.9 Å². The van der Waals surface area contributed by atoms with Crippen molar-refractivity contribution in [2.24, 2.45) is 0 Å². The monoisotopic (exact) mass is 892 g/mol. The highest BCUT2D eigenvalue weighted by atomic mass is 16.5. The summed E-state index contributed by atoms with van der Waals surface area (Å²) < 4.78 is 5.49. The minimum atomic E-state index is -0.665. The van der Waals surface area contributed by atoms with Crippen LogP contribution in [0.4, 0.5) is 0 Å². The maximum Gasteiger partial charge on any atom is 0.305 e. The van der Waals surface area contributed by atoms with Crippen molar-refractivity contribution in [1.82, 2.24) is 5.32 Å². The molecule has 0 rings (SSSR count). The normalized spacial score (nSPS) is 12.5. The summed E-state index contributed by atoms with van der Waals surface area (Å²) in [6.07, 6.45) is 60.9. The fraction of sp³-hybridized carbons (Fsp3) is 0.965. The number of aliphatic hydroxyl groups excluding tert-OH is 2. The van der Waals surface area contributed by atoms with Crippen LogP contribution in [0.3, 0.4) is 0 Å². The highest BCUT2D eigenvalue weighted by Crippen LogP contribution is 2.18. The summed E-state index contributed by atoms with van der Waals surface area (Å²) in [7, 11) is 0. The van der Waals surface area contributed by atoms with E-state index >= 15 is 0 Å². The lowest BCUT2D eigenvalue weighted by Gasteiger charge is -2.22. The predicted molar refractivity (Wildman–Crippen MR) is 274 cm³/mol. The third-order valence-corrected chi connectivity index (χ3v) is 13.7. The van der Waals surface area contributed by atoms with Crippen LogP contribution in [0.25, 0.3) is 0 Å². The average molecular weight is 893 g/mol. The molecule has 0 bridgehead atoms. The third-order valence-electron chi connectivity index (χ3n) is 13.7. The van der Waals surface area contributed by atoms with E-state index in [2.05, 4.69) is 19.2 Å². The Labute approximate surface area is 394 Å². The van der Waals surface area contributed by atoms with Crippen molar-refractivity contribution in [1.29, 1.82) is 0 Å². The van der Waals surface area contributed by atoms with Gasteiger partial charge >= 0.3 is 5.97 Å². The summed E-state index contributed by atoms with van der Waals surface area (Å²) in [5.41, 5.74) is 0. The number of hydrogen-bond acceptors (Lipinski definition) is 5. The number of hydrogen-bond donors (Lipinski definition) is 3. The molecule has 0 aromatic carbocycles. The van der Waals surface area contributed by atoms with Gasteiger partial charge in [0.15, 0.2) is 0 Å². The van der Waals surface area contributed by atoms with Gasteiger partial charge in [0, 0.05) is 12.8 Å². The SMILES string of the molecule is CCCCCCCCCCCCCCCCCCC(=O)OCCCCCCCCCCCCCCCCCCCC(=O)NC(CO)C(O)CCCCCCCCCCCCCCC. The van der Waals surface area contributed by atoms with E-state index in [1.807, 2.05) is 0 Å². The lowest BCUT2D eigenvalue weighted by molar-refractivity contribution is -0.143. The number of carbonyl (C=O) groups is 2. The van der Waals surface area contributed by atoms with Gasteiger partial charge in [0.25, 0.3) is 0 Å². The fourth-order valence-electron chi connectivity index (χ4n) is 9.23. The number of amides is 1. The Morgan fingerprint density at radius 3 is 0.968 bits per heavy atom. The van der Waals surface area contributed by atoms with Crippen molar-refractivity contribution in [2.45, 2.75) is 341 Å². The van der Waals surface area contributed by atoms with Crippen LogP contribution in [0.2, 0.25) is 0 Å². The Morgan fingerprint density at radius 1 is 0.381 bits per heavy atom. The highest BCUT2D eigenvalue weighted by Gasteiger charge is 2.20. The zero-order valence-electron chi connectivity index (χ0n) is 42.8. The van der Waals surface area contributed by atoms with Gasteiger partial charge in [-0.1, -0.05) is 290 Å². The van der Waals surface area contributed by atoms with E-state index in [-0.39, 0.29) is 18.5 Å². The van der Waals surface area contributed by atoms with E-state index in [4.69, 9.17) is 4.74 Å². The second-order valence-corrected chi connectivity index (χ2v) is 20.0. The van der Waals surface area contributed by atoms with Crippen LogP contribution >= 0.6 is 0 Å². The standard InChI is InChI=1S/C57H113NO5/c1-3-5-7-9-11-13-15-17-18-23-27-31-35-39-43-47-51-57(62)63-52-48-44-40-36-32-28-24-21-19-20-22-26-30-34-38-42-46-50-56(61)58-54(53-59)55(60)49-45-41-37-33-29-25-16-14-12-10-8-6-4-2/h54-55,59-60H,3-53H2,1-2H3,(H,58,61). The van der Waals surface area contributed by atoms with E-state index in [0.29, 0.717) is 25.9 Å². The number of ether oxygens (including phenoxy) is 1. The number of nitrogens with one attached hydrogen (secondary N) is 1. The van der Waals surface area contributed by atoms with Gasteiger partial charge in [-0.3, -0.25) is 9.59 Å². The van der Waals surface area contributed by atoms with E-state index < -0.39 is 12.1 Å². The molecule has 3 N–H and O–H groups in total. The maximum atomic E-state index is 12.5. The summed E-state index contributed by atoms with van der Waals surface area (Å²) in [4.78, 5) is 24.5. The quantitative estimate of drug-likeness (QED) is 0.0418. The molecule has 6 nitrogen and oxygen atoms in total. The number of aliphatic hydroxyl groups is 2. The van der Waals surface area contributed by atoms with Crippen molar-refractivity contribution in [3.8, 4) is 0 Å². The molecule has 1 amide bonds. The zero-order chi connectivity index (χ0) is 45.8. The van der Waals surface area contributed by atoms with Crippen molar-refractivity contribution < 1.29 is 24.5 Å². The van der Waals surface area contributed by atoms with Crippen LogP contribution in [0.15, 0.2) is 0 Å². The highest BCUT2D eigenvalue weighted by molar-refractivity contribution is 5.76. The molecule has 0 aromatic rings. The molecule has 0 saturated carbocycles. The van der Waals surface area contributed by atoms with Gasteiger partial charge in [-0.25, -0.2) is 0 Å². The van der Waals surface area contributed by atoms with Gasteiger partial charge in [-0.15, -0.1) is 0 Å². The Morgan fingerprint density at radius 2 is 0.651 bits per heavy atom. The van der Waals surface area contributed by atoms with Gasteiger partial charge in [0.2, 0.25) is 5.91 Å². The largest absolute Gasteiger partial charge is 0.466 e. The first-order valence-electron chi connectivity index (χ1n) is 28.8. The van der Waals surface area contributed by atoms with Crippen LogP contribution in [-0.2, 0) is 14.3 Å². The molecule has 0 aliphatic heterocycles. The Bertz CT molecular complexity index is 898. The van der Waals surface area contributed by atoms with Gasteiger partial charge in [0.05, 0.1) is 25.4 Å². The number of unbranched alkanes of at least 4 members (excludes halogenated alkanes) is 43. The third kappa shape index (κ3) is 50.1. The average Bonchev–Trinajstić information content (AvgIpc) is 3.28. The number of rotatable bonds is 54. The van der Waals surface area contributed by atoms with Gasteiger partial charge < -0.3 is 20.3 Å². The second-order valence-electron chi connectivity index (χ2n) is 20.0. The van der Waals surface area contributed by atoms with Crippen molar-refractivity contribution in [3.63, 3.8) is 0 Å². The predicted octanol–water partition coefficient (Wildman–Crippen LogP) is 17.5. The Hall–Kier alpha value is -1.14. The Kier molecular flexibility index (Phi) is 52.5. The molecule has 0 aliphatic carbocycles. The molecule has 0 fully saturated rings. The summed E-state index contributed by atoms with van der Waals surface area (Å²) >= 11 is 0. The molecular formula is C57H113NO5. The van der Waals surface area contributed by atoms with E-state index in [0.717, 1.165) is 38.5 Å². The number of carbonyl (C=O) groups excluding carboxylic acids is 2. The van der Waals surface area contributed by atoms with E-state index in [1.165, 1.54) is 257 Å². The smallest absolute Gasteiger partial charge is 0.305 e. The van der Waals surface area contributed by atoms with Crippen molar-refractivity contribution >= 4 is 11.9 Å². The first-order valence-corrected chi connectivity index (χ1v) is 28.8. The molecule has 0 aromatic heterocycles. The molecule has 0 spiro atoms. The first-order chi connectivity index (χ1) is 31.0. The van der Waals surface area contributed by atoms with Crippen molar-refractivity contribution in [2.75, 3.05) is 13.2 Å². The van der Waals surface area contributed by atoms with Crippen LogP contribution in [0.5, 0.6) is 0 Å². The molecule has 0 heterocycles. The molecule has 6 heteroatoms. The molecule has 0 radical (unpaired) electrons. The summed E-state index contributed by atoms with van der Waals surface area (Å²) in [5, 5.41) is 23.2. The molecule has 2 atom stereocenters. The minimum Gasteiger partial charge on any atom is -0.466 e. The minimum absolute atomic E-state index is 0.00964. The molecular weight excluding hydrogens is 779 g/mol. The summed E-state index contributed by atoms with van der Waals surface area (Å²) in [6, 6.07) is -0.543. The lowest BCUT2D eigenvalue weighted by atomic mass is 10.0. The van der Waals surface area contributed by atoms with E-state index in [1.54, 1.807) is 0 Å². The lowest BCUT2D eigenvalue weighted by Crippen LogP contribution is -2.45. The van der Waals surface area contributed by atoms with Crippen LogP contribution in [-0.4, -0.2) is 47.4 Å².